The second-order valence-electron chi connectivity index (χ2n) is 8.28. The van der Waals surface area contributed by atoms with E-state index in [1.165, 1.54) is 24.1 Å². The lowest BCUT2D eigenvalue weighted by molar-refractivity contribution is -0.139. The number of hydrogen-bond donors (Lipinski definition) is 1. The van der Waals surface area contributed by atoms with Gasteiger partial charge in [-0.05, 0) is 60.9 Å². The zero-order chi connectivity index (χ0) is 26.3. The number of carbonyl (C=O) groups excluding carboxylic acids is 2. The lowest BCUT2D eigenvalue weighted by atomic mass is 10.1. The van der Waals surface area contributed by atoms with Gasteiger partial charge in [-0.1, -0.05) is 61.0 Å². The second-order valence-corrected chi connectivity index (χ2v) is 10.6. The first-order valence-electron chi connectivity index (χ1n) is 11.6. The minimum Gasteiger partial charge on any atom is -0.357 e. The fourth-order valence-corrected chi connectivity index (χ4v) is 5.29. The minimum absolute atomic E-state index is 0.0703. The van der Waals surface area contributed by atoms with Crippen molar-refractivity contribution in [3.63, 3.8) is 0 Å². The van der Waals surface area contributed by atoms with Crippen LogP contribution in [0.5, 0.6) is 0 Å². The molecule has 190 valence electrons. The van der Waals surface area contributed by atoms with Crippen LogP contribution in [0.2, 0.25) is 5.02 Å². The maximum Gasteiger partial charge on any atom is 0.264 e. The number of anilines is 1. The van der Waals surface area contributed by atoms with Crippen molar-refractivity contribution in [2.45, 2.75) is 37.8 Å². The summed E-state index contributed by atoms with van der Waals surface area (Å²) in [4.78, 5) is 27.6. The lowest BCUT2D eigenvalue weighted by Gasteiger charge is -2.31. The van der Waals surface area contributed by atoms with Crippen molar-refractivity contribution in [2.75, 3.05) is 17.9 Å². The Morgan fingerprint density at radius 3 is 2.06 bits per heavy atom. The van der Waals surface area contributed by atoms with E-state index < -0.39 is 28.5 Å². The quantitative estimate of drug-likeness (QED) is 0.427. The Labute approximate surface area is 217 Å². The summed E-state index contributed by atoms with van der Waals surface area (Å²) < 4.78 is 28.4. The molecular formula is C27H30ClN3O4S. The van der Waals surface area contributed by atoms with Crippen LogP contribution in [0.3, 0.4) is 0 Å². The summed E-state index contributed by atoms with van der Waals surface area (Å²) in [6.07, 6.45) is 0.795. The predicted octanol–water partition coefficient (Wildman–Crippen LogP) is 4.26. The molecule has 0 aliphatic heterocycles. The van der Waals surface area contributed by atoms with E-state index in [-0.39, 0.29) is 17.3 Å². The Hall–Kier alpha value is -3.36. The van der Waals surface area contributed by atoms with Crippen LogP contribution in [0.1, 0.15) is 25.0 Å². The van der Waals surface area contributed by atoms with Gasteiger partial charge in [0.2, 0.25) is 11.8 Å². The lowest BCUT2D eigenvalue weighted by Crippen LogP contribution is -2.50. The Balaban J connectivity index is 2.01. The molecule has 0 bridgehead atoms. The maximum absolute atomic E-state index is 13.7. The molecule has 0 saturated heterocycles. The van der Waals surface area contributed by atoms with Crippen molar-refractivity contribution in [1.29, 1.82) is 0 Å². The van der Waals surface area contributed by atoms with Crippen LogP contribution in [0.15, 0.2) is 83.8 Å². The van der Waals surface area contributed by atoms with E-state index in [4.69, 9.17) is 11.6 Å². The summed E-state index contributed by atoms with van der Waals surface area (Å²) in [5, 5.41) is 3.11. The second kappa shape index (κ2) is 12.1. The Morgan fingerprint density at radius 1 is 0.917 bits per heavy atom. The highest BCUT2D eigenvalue weighted by atomic mass is 35.5. The molecule has 7 nitrogen and oxygen atoms in total. The number of sulfonamides is 1. The third-order valence-corrected chi connectivity index (χ3v) is 7.96. The summed E-state index contributed by atoms with van der Waals surface area (Å²) in [6, 6.07) is 21.1. The smallest absolute Gasteiger partial charge is 0.264 e. The first-order valence-corrected chi connectivity index (χ1v) is 13.4. The summed E-state index contributed by atoms with van der Waals surface area (Å²) in [5.41, 5.74) is 2.16. The average molecular weight is 528 g/mol. The van der Waals surface area contributed by atoms with Gasteiger partial charge in [-0.3, -0.25) is 13.9 Å². The van der Waals surface area contributed by atoms with Gasteiger partial charge in [0, 0.05) is 18.6 Å². The molecule has 0 aliphatic carbocycles. The molecule has 3 aromatic rings. The molecular weight excluding hydrogens is 498 g/mol. The van der Waals surface area contributed by atoms with E-state index in [0.717, 1.165) is 21.9 Å². The molecule has 2 amide bonds. The van der Waals surface area contributed by atoms with Crippen molar-refractivity contribution >= 4 is 39.1 Å². The SMILES string of the molecule is CCc1ccc(N(CC(=O)N(Cc2ccc(Cl)cc2)[C@H](C)C(=O)NC)S(=O)(=O)c2ccccc2)cc1. The molecule has 3 aromatic carbocycles. The highest BCUT2D eigenvalue weighted by molar-refractivity contribution is 7.92. The Morgan fingerprint density at radius 2 is 1.50 bits per heavy atom. The molecule has 0 aliphatic rings. The molecule has 3 rings (SSSR count). The maximum atomic E-state index is 13.7. The van der Waals surface area contributed by atoms with Gasteiger partial charge in [0.25, 0.3) is 10.0 Å². The van der Waals surface area contributed by atoms with Crippen LogP contribution in [0, 0.1) is 0 Å². The zero-order valence-electron chi connectivity index (χ0n) is 20.5. The summed E-state index contributed by atoms with van der Waals surface area (Å²) in [6.45, 7) is 3.25. The van der Waals surface area contributed by atoms with E-state index in [1.54, 1.807) is 61.5 Å². The normalized spacial score (nSPS) is 12.0. The highest BCUT2D eigenvalue weighted by Crippen LogP contribution is 2.25. The van der Waals surface area contributed by atoms with Crippen molar-refractivity contribution < 1.29 is 18.0 Å². The van der Waals surface area contributed by atoms with Gasteiger partial charge in [0.05, 0.1) is 10.6 Å². The number of rotatable bonds is 10. The number of hydrogen-bond acceptors (Lipinski definition) is 4. The van der Waals surface area contributed by atoms with Gasteiger partial charge in [0.1, 0.15) is 12.6 Å². The third-order valence-electron chi connectivity index (χ3n) is 5.92. The highest BCUT2D eigenvalue weighted by Gasteiger charge is 2.32. The number of nitrogens with zero attached hydrogens (tertiary/aromatic N) is 2. The van der Waals surface area contributed by atoms with Crippen molar-refractivity contribution in [3.8, 4) is 0 Å². The molecule has 1 N–H and O–H groups in total. The molecule has 0 radical (unpaired) electrons. The number of nitrogens with one attached hydrogen (secondary N) is 1. The van der Waals surface area contributed by atoms with E-state index in [0.29, 0.717) is 10.7 Å². The summed E-state index contributed by atoms with van der Waals surface area (Å²) in [5.74, 6) is -0.873. The topological polar surface area (TPSA) is 86.8 Å². The molecule has 0 fully saturated rings. The molecule has 0 heterocycles. The monoisotopic (exact) mass is 527 g/mol. The van der Waals surface area contributed by atoms with Crippen molar-refractivity contribution in [3.05, 3.63) is 95.0 Å². The number of aryl methyl sites for hydroxylation is 1. The van der Waals surface area contributed by atoms with Gasteiger partial charge in [-0.2, -0.15) is 0 Å². The van der Waals surface area contributed by atoms with Gasteiger partial charge < -0.3 is 10.2 Å². The largest absolute Gasteiger partial charge is 0.357 e. The standard InChI is InChI=1S/C27H30ClN3O4S/c1-4-21-12-16-24(17-13-21)31(36(34,35)25-8-6-5-7-9-25)19-26(32)30(20(2)27(33)29-3)18-22-10-14-23(28)15-11-22/h5-17,20H,4,18-19H2,1-3H3,(H,29,33)/t20-/m1/s1. The van der Waals surface area contributed by atoms with Crippen LogP contribution in [0.25, 0.3) is 0 Å². The van der Waals surface area contributed by atoms with E-state index in [9.17, 15) is 18.0 Å². The van der Waals surface area contributed by atoms with Crippen LogP contribution >= 0.6 is 11.6 Å². The Kier molecular flexibility index (Phi) is 9.12. The van der Waals surface area contributed by atoms with Gasteiger partial charge >= 0.3 is 0 Å². The molecule has 0 unspecified atom stereocenters. The summed E-state index contributed by atoms with van der Waals surface area (Å²) in [7, 11) is -2.57. The van der Waals surface area contributed by atoms with Crippen molar-refractivity contribution in [1.82, 2.24) is 10.2 Å². The first kappa shape index (κ1) is 27.2. The predicted molar refractivity (Wildman–Crippen MR) is 142 cm³/mol. The van der Waals surface area contributed by atoms with Crippen LogP contribution in [-0.4, -0.2) is 44.8 Å². The number of carbonyl (C=O) groups is 2. The number of likely N-dealkylation sites (N-methyl/N-ethyl adjacent to an activating group) is 1. The Bertz CT molecular complexity index is 1280. The van der Waals surface area contributed by atoms with Crippen molar-refractivity contribution in [2.24, 2.45) is 0 Å². The molecule has 36 heavy (non-hydrogen) atoms. The number of benzene rings is 3. The fourth-order valence-electron chi connectivity index (χ4n) is 3.72. The molecule has 0 aromatic heterocycles. The molecule has 1 atom stereocenters. The van der Waals surface area contributed by atoms with Gasteiger partial charge in [0.15, 0.2) is 0 Å². The van der Waals surface area contributed by atoms with Crippen LogP contribution < -0.4 is 9.62 Å². The zero-order valence-corrected chi connectivity index (χ0v) is 22.1. The molecule has 9 heteroatoms. The van der Waals surface area contributed by atoms with Gasteiger partial charge in [-0.15, -0.1) is 0 Å². The third kappa shape index (κ3) is 6.44. The fraction of sp³-hybridized carbons (Fsp3) is 0.259. The van der Waals surface area contributed by atoms with E-state index in [2.05, 4.69) is 5.32 Å². The summed E-state index contributed by atoms with van der Waals surface area (Å²) >= 11 is 5.99. The van der Waals surface area contributed by atoms with Crippen LogP contribution in [-0.2, 0) is 32.6 Å². The molecule has 0 saturated carbocycles. The number of amides is 2. The first-order chi connectivity index (χ1) is 17.2. The van der Waals surface area contributed by atoms with E-state index >= 15 is 0 Å². The molecule has 0 spiro atoms. The minimum atomic E-state index is -4.06. The van der Waals surface area contributed by atoms with Crippen LogP contribution in [0.4, 0.5) is 5.69 Å². The number of halogens is 1. The van der Waals surface area contributed by atoms with Gasteiger partial charge in [-0.25, -0.2) is 8.42 Å². The average Bonchev–Trinajstić information content (AvgIpc) is 2.90. The van der Waals surface area contributed by atoms with E-state index in [1.807, 2.05) is 19.1 Å².